The second kappa shape index (κ2) is 9.43. The molecule has 0 aromatic carbocycles. The number of nitrogens with one attached hydrogen (secondary N) is 2. The number of carboxylic acids is 2. The Morgan fingerprint density at radius 1 is 1.18 bits per heavy atom. The SMILES string of the molecule is NC1(c2nnc(C(CCC(=O)O)NC(=O)N[C@@H](CO)C(=O)O)o2)CCOCC1. The molecule has 1 aromatic rings. The molecule has 2 amide bonds. The number of nitrogens with two attached hydrogens (primary N) is 1. The molecule has 1 aliphatic rings. The summed E-state index contributed by atoms with van der Waals surface area (Å²) in [5, 5.41) is 39.0. The lowest BCUT2D eigenvalue weighted by Gasteiger charge is -2.29. The van der Waals surface area contributed by atoms with Gasteiger partial charge in [-0.2, -0.15) is 0 Å². The minimum absolute atomic E-state index is 0.0569. The van der Waals surface area contributed by atoms with Gasteiger partial charge in [-0.15, -0.1) is 10.2 Å². The first kappa shape index (κ1) is 21.5. The van der Waals surface area contributed by atoms with Gasteiger partial charge in [-0.1, -0.05) is 0 Å². The van der Waals surface area contributed by atoms with Gasteiger partial charge >= 0.3 is 18.0 Å². The maximum Gasteiger partial charge on any atom is 0.328 e. The maximum atomic E-state index is 12.0. The third-order valence-electron chi connectivity index (χ3n) is 4.29. The maximum absolute atomic E-state index is 12.0. The number of rotatable bonds is 9. The van der Waals surface area contributed by atoms with Crippen molar-refractivity contribution in [1.82, 2.24) is 20.8 Å². The number of aromatic nitrogens is 2. The number of nitrogens with zero attached hydrogens (tertiary/aromatic N) is 2. The quantitative estimate of drug-likeness (QED) is 0.286. The van der Waals surface area contributed by atoms with E-state index in [1.54, 1.807) is 0 Å². The molecule has 0 radical (unpaired) electrons. The van der Waals surface area contributed by atoms with Gasteiger partial charge in [0.25, 0.3) is 0 Å². The van der Waals surface area contributed by atoms with E-state index < -0.39 is 42.2 Å². The summed E-state index contributed by atoms with van der Waals surface area (Å²) < 4.78 is 10.9. The number of urea groups is 1. The van der Waals surface area contributed by atoms with Crippen LogP contribution in [-0.2, 0) is 19.9 Å². The Balaban J connectivity index is 2.13. The topological polar surface area (TPSA) is 210 Å². The highest BCUT2D eigenvalue weighted by atomic mass is 16.5. The fourth-order valence-electron chi connectivity index (χ4n) is 2.59. The van der Waals surface area contributed by atoms with Crippen LogP contribution in [0.2, 0.25) is 0 Å². The fraction of sp³-hybridized carbons (Fsp3) is 0.667. The van der Waals surface area contributed by atoms with Gasteiger partial charge in [0.15, 0.2) is 6.04 Å². The van der Waals surface area contributed by atoms with E-state index in [1.807, 2.05) is 0 Å². The standard InChI is InChI=1S/C15H23N5O8/c16-15(3-5-27-6-4-15)13-20-19-11(28-13)8(1-2-10(22)23)17-14(26)18-9(7-21)12(24)25/h8-9,21H,1-7,16H2,(H,22,23)(H,24,25)(H2,17,18,26)/t8?,9-/m0/s1. The van der Waals surface area contributed by atoms with E-state index in [1.165, 1.54) is 0 Å². The Kier molecular flexibility index (Phi) is 7.25. The second-order valence-corrected chi connectivity index (χ2v) is 6.39. The van der Waals surface area contributed by atoms with Gasteiger partial charge in [0.2, 0.25) is 11.8 Å². The molecule has 1 saturated heterocycles. The van der Waals surface area contributed by atoms with Crippen molar-refractivity contribution in [3.8, 4) is 0 Å². The van der Waals surface area contributed by atoms with Crippen LogP contribution < -0.4 is 16.4 Å². The van der Waals surface area contributed by atoms with E-state index >= 15 is 0 Å². The molecule has 1 aromatic heterocycles. The number of carbonyl (C=O) groups excluding carboxylic acids is 1. The largest absolute Gasteiger partial charge is 0.481 e. The van der Waals surface area contributed by atoms with Crippen molar-refractivity contribution in [2.24, 2.45) is 5.73 Å². The second-order valence-electron chi connectivity index (χ2n) is 6.39. The third-order valence-corrected chi connectivity index (χ3v) is 4.29. The van der Waals surface area contributed by atoms with Crippen LogP contribution >= 0.6 is 0 Å². The van der Waals surface area contributed by atoms with E-state index in [0.29, 0.717) is 26.1 Å². The van der Waals surface area contributed by atoms with Crippen molar-refractivity contribution in [3.63, 3.8) is 0 Å². The predicted molar refractivity (Wildman–Crippen MR) is 90.0 cm³/mol. The predicted octanol–water partition coefficient (Wildman–Crippen LogP) is -1.32. The first-order chi connectivity index (χ1) is 13.2. The first-order valence-corrected chi connectivity index (χ1v) is 8.58. The molecule has 1 fully saturated rings. The third kappa shape index (κ3) is 5.61. The minimum Gasteiger partial charge on any atom is -0.481 e. The summed E-state index contributed by atoms with van der Waals surface area (Å²) in [6.07, 6.45) is 0.521. The van der Waals surface area contributed by atoms with Crippen LogP contribution in [-0.4, -0.2) is 69.3 Å². The van der Waals surface area contributed by atoms with Crippen LogP contribution in [0.1, 0.15) is 43.5 Å². The van der Waals surface area contributed by atoms with Crippen molar-refractivity contribution in [2.45, 2.75) is 43.3 Å². The van der Waals surface area contributed by atoms with Crippen LogP contribution in [0.15, 0.2) is 4.42 Å². The smallest absolute Gasteiger partial charge is 0.328 e. The van der Waals surface area contributed by atoms with Gasteiger partial charge in [0.1, 0.15) is 6.04 Å². The Morgan fingerprint density at radius 3 is 2.43 bits per heavy atom. The molecular formula is C15H23N5O8. The Labute approximate surface area is 159 Å². The van der Waals surface area contributed by atoms with Crippen LogP contribution in [0, 0.1) is 0 Å². The highest BCUT2D eigenvalue weighted by Gasteiger charge is 2.36. The van der Waals surface area contributed by atoms with E-state index in [4.69, 9.17) is 30.2 Å². The summed E-state index contributed by atoms with van der Waals surface area (Å²) in [5.74, 6) is -2.44. The van der Waals surface area contributed by atoms with Crippen LogP contribution in [0.25, 0.3) is 0 Å². The molecule has 2 atom stereocenters. The number of amides is 2. The van der Waals surface area contributed by atoms with E-state index in [0.717, 1.165) is 0 Å². The zero-order valence-electron chi connectivity index (χ0n) is 15.0. The zero-order chi connectivity index (χ0) is 20.7. The minimum atomic E-state index is -1.52. The van der Waals surface area contributed by atoms with Crippen molar-refractivity contribution >= 4 is 18.0 Å². The van der Waals surface area contributed by atoms with Crippen molar-refractivity contribution in [3.05, 3.63) is 11.8 Å². The number of aliphatic carboxylic acids is 2. The molecule has 156 valence electrons. The summed E-state index contributed by atoms with van der Waals surface area (Å²) in [6.45, 7) is 0.0368. The van der Waals surface area contributed by atoms with Crippen LogP contribution in [0.4, 0.5) is 4.79 Å². The van der Waals surface area contributed by atoms with E-state index in [2.05, 4.69) is 20.8 Å². The first-order valence-electron chi connectivity index (χ1n) is 8.58. The lowest BCUT2D eigenvalue weighted by molar-refractivity contribution is -0.140. The molecule has 13 nitrogen and oxygen atoms in total. The van der Waals surface area contributed by atoms with Gasteiger partial charge in [-0.3, -0.25) is 4.79 Å². The molecule has 2 rings (SSSR count). The van der Waals surface area contributed by atoms with E-state index in [9.17, 15) is 14.4 Å². The summed E-state index contributed by atoms with van der Waals surface area (Å²) >= 11 is 0. The average Bonchev–Trinajstić information content (AvgIpc) is 3.14. The summed E-state index contributed by atoms with van der Waals surface area (Å²) in [5.41, 5.74) is 5.39. The van der Waals surface area contributed by atoms with Crippen molar-refractivity contribution < 1.29 is 38.9 Å². The number of aliphatic hydroxyl groups is 1. The lowest BCUT2D eigenvalue weighted by atomic mass is 9.91. The van der Waals surface area contributed by atoms with Gasteiger partial charge in [0.05, 0.1) is 12.1 Å². The number of hydrogen-bond acceptors (Lipinski definition) is 9. The Bertz CT molecular complexity index is 702. The van der Waals surface area contributed by atoms with Crippen molar-refractivity contribution in [1.29, 1.82) is 0 Å². The Hall–Kier alpha value is -2.77. The molecule has 1 aliphatic heterocycles. The normalized spacial score (nSPS) is 18.1. The average molecular weight is 401 g/mol. The van der Waals surface area contributed by atoms with Gasteiger partial charge < -0.3 is 40.8 Å². The van der Waals surface area contributed by atoms with Gasteiger partial charge in [0, 0.05) is 19.6 Å². The molecule has 0 bridgehead atoms. The van der Waals surface area contributed by atoms with Crippen LogP contribution in [0.5, 0.6) is 0 Å². The Morgan fingerprint density at radius 2 is 1.86 bits per heavy atom. The van der Waals surface area contributed by atoms with Gasteiger partial charge in [-0.05, 0) is 19.3 Å². The monoisotopic (exact) mass is 401 g/mol. The highest BCUT2D eigenvalue weighted by molar-refractivity contribution is 5.82. The number of aliphatic hydroxyl groups excluding tert-OH is 1. The molecular weight excluding hydrogens is 378 g/mol. The summed E-state index contributed by atoms with van der Waals surface area (Å²) in [4.78, 5) is 33.8. The fourth-order valence-corrected chi connectivity index (χ4v) is 2.59. The molecule has 2 heterocycles. The molecule has 0 spiro atoms. The number of hydrogen-bond donors (Lipinski definition) is 6. The molecule has 0 saturated carbocycles. The summed E-state index contributed by atoms with van der Waals surface area (Å²) in [7, 11) is 0. The summed E-state index contributed by atoms with van der Waals surface area (Å²) in [6, 6.07) is -3.45. The molecule has 7 N–H and O–H groups in total. The van der Waals surface area contributed by atoms with Crippen molar-refractivity contribution in [2.75, 3.05) is 19.8 Å². The number of carboxylic acid groups (broad SMARTS) is 2. The zero-order valence-corrected chi connectivity index (χ0v) is 15.0. The highest BCUT2D eigenvalue weighted by Crippen LogP contribution is 2.29. The lowest BCUT2D eigenvalue weighted by Crippen LogP contribution is -2.48. The molecule has 0 aliphatic carbocycles. The van der Waals surface area contributed by atoms with Gasteiger partial charge in [-0.25, -0.2) is 9.59 Å². The number of ether oxygens (including phenoxy) is 1. The molecule has 1 unspecified atom stereocenters. The molecule has 13 heteroatoms. The van der Waals surface area contributed by atoms with E-state index in [-0.39, 0.29) is 24.6 Å². The van der Waals surface area contributed by atoms with Crippen LogP contribution in [0.3, 0.4) is 0 Å². The molecule has 28 heavy (non-hydrogen) atoms. The number of carbonyl (C=O) groups is 3.